The lowest BCUT2D eigenvalue weighted by molar-refractivity contribution is -0.133. The van der Waals surface area contributed by atoms with Crippen LogP contribution in [0.25, 0.3) is 0 Å². The minimum Gasteiger partial charge on any atom is -0.497 e. The van der Waals surface area contributed by atoms with Crippen molar-refractivity contribution in [3.8, 4) is 17.2 Å². The van der Waals surface area contributed by atoms with Gasteiger partial charge >= 0.3 is 6.03 Å². The highest BCUT2D eigenvalue weighted by Gasteiger charge is 2.49. The second-order valence-corrected chi connectivity index (χ2v) is 6.79. The van der Waals surface area contributed by atoms with Crippen LogP contribution >= 0.6 is 0 Å². The predicted molar refractivity (Wildman–Crippen MR) is 109 cm³/mol. The van der Waals surface area contributed by atoms with Crippen molar-refractivity contribution in [1.29, 1.82) is 0 Å². The number of carbonyl (C=O) groups excluding carboxylic acids is 3. The highest BCUT2D eigenvalue weighted by molar-refractivity contribution is 6.10. The topological polar surface area (TPSA) is 106 Å². The number of anilines is 1. The molecule has 9 heteroatoms. The molecule has 1 saturated heterocycles. The standard InChI is InChI=1S/C21H23N3O6/c1-21(13-5-10-16(29-3)17(11-13)30-4)19(26)24(20(27)23-21)12-18(25)22-14-6-8-15(28-2)9-7-14/h5-11H,12H2,1-4H3,(H,22,25)(H,23,27)/t21-/m1/s1. The van der Waals surface area contributed by atoms with Crippen molar-refractivity contribution in [3.05, 3.63) is 48.0 Å². The first-order valence-electron chi connectivity index (χ1n) is 9.13. The molecule has 1 aliphatic heterocycles. The number of imide groups is 1. The summed E-state index contributed by atoms with van der Waals surface area (Å²) in [6, 6.07) is 11.0. The van der Waals surface area contributed by atoms with Crippen molar-refractivity contribution < 1.29 is 28.6 Å². The van der Waals surface area contributed by atoms with E-state index in [9.17, 15) is 14.4 Å². The summed E-state index contributed by atoms with van der Waals surface area (Å²) in [4.78, 5) is 38.8. The largest absolute Gasteiger partial charge is 0.497 e. The van der Waals surface area contributed by atoms with E-state index in [1.54, 1.807) is 56.5 Å². The van der Waals surface area contributed by atoms with Crippen molar-refractivity contribution in [1.82, 2.24) is 10.2 Å². The molecule has 2 N–H and O–H groups in total. The Morgan fingerprint density at radius 3 is 2.27 bits per heavy atom. The Bertz CT molecular complexity index is 975. The summed E-state index contributed by atoms with van der Waals surface area (Å²) in [5.74, 6) is 0.531. The van der Waals surface area contributed by atoms with E-state index >= 15 is 0 Å². The SMILES string of the molecule is COc1ccc(NC(=O)CN2C(=O)N[C@](C)(c3ccc(OC)c(OC)c3)C2=O)cc1. The van der Waals surface area contributed by atoms with Gasteiger partial charge in [-0.1, -0.05) is 6.07 Å². The molecule has 0 spiro atoms. The van der Waals surface area contributed by atoms with Crippen LogP contribution in [0.1, 0.15) is 12.5 Å². The summed E-state index contributed by atoms with van der Waals surface area (Å²) in [7, 11) is 4.53. The molecule has 2 aromatic carbocycles. The molecule has 158 valence electrons. The van der Waals surface area contributed by atoms with Crippen LogP contribution in [-0.4, -0.2) is 50.6 Å². The number of rotatable bonds is 7. The number of nitrogens with one attached hydrogen (secondary N) is 2. The van der Waals surface area contributed by atoms with Crippen LogP contribution in [-0.2, 0) is 15.1 Å². The lowest BCUT2D eigenvalue weighted by Crippen LogP contribution is -2.42. The molecule has 4 amide bonds. The second-order valence-electron chi connectivity index (χ2n) is 6.79. The molecular formula is C21H23N3O6. The summed E-state index contributed by atoms with van der Waals surface area (Å²) in [5, 5.41) is 5.32. The fraction of sp³-hybridized carbons (Fsp3) is 0.286. The molecule has 0 aliphatic carbocycles. The lowest BCUT2D eigenvalue weighted by Gasteiger charge is -2.23. The van der Waals surface area contributed by atoms with Gasteiger partial charge in [0.05, 0.1) is 21.3 Å². The van der Waals surface area contributed by atoms with E-state index in [1.165, 1.54) is 14.2 Å². The van der Waals surface area contributed by atoms with Crippen molar-refractivity contribution in [2.75, 3.05) is 33.2 Å². The van der Waals surface area contributed by atoms with Gasteiger partial charge in [0, 0.05) is 5.69 Å². The van der Waals surface area contributed by atoms with Crippen LogP contribution in [0.5, 0.6) is 17.2 Å². The van der Waals surface area contributed by atoms with Crippen LogP contribution in [0.2, 0.25) is 0 Å². The number of amides is 4. The number of carbonyl (C=O) groups is 3. The van der Waals surface area contributed by atoms with Crippen molar-refractivity contribution in [2.24, 2.45) is 0 Å². The third-order valence-electron chi connectivity index (χ3n) is 4.91. The Hall–Kier alpha value is -3.75. The second kappa shape index (κ2) is 8.32. The summed E-state index contributed by atoms with van der Waals surface area (Å²) >= 11 is 0. The lowest BCUT2D eigenvalue weighted by atomic mass is 9.91. The van der Waals surface area contributed by atoms with E-state index in [-0.39, 0.29) is 0 Å². The molecule has 0 bridgehead atoms. The normalized spacial score (nSPS) is 18.1. The van der Waals surface area contributed by atoms with Crippen LogP contribution < -0.4 is 24.8 Å². The van der Waals surface area contributed by atoms with E-state index in [1.807, 2.05) is 0 Å². The first-order valence-corrected chi connectivity index (χ1v) is 9.13. The van der Waals surface area contributed by atoms with Gasteiger partial charge in [-0.05, 0) is 48.9 Å². The molecule has 0 saturated carbocycles. The molecule has 0 aromatic heterocycles. The Balaban J connectivity index is 1.75. The zero-order valence-electron chi connectivity index (χ0n) is 17.1. The van der Waals surface area contributed by atoms with Gasteiger partial charge in [-0.25, -0.2) is 4.79 Å². The number of nitrogens with zero attached hydrogens (tertiary/aromatic N) is 1. The number of ether oxygens (including phenoxy) is 3. The molecule has 1 atom stereocenters. The maximum atomic E-state index is 13.0. The molecule has 0 unspecified atom stereocenters. The Morgan fingerprint density at radius 2 is 1.67 bits per heavy atom. The number of methoxy groups -OCH3 is 3. The summed E-state index contributed by atoms with van der Waals surface area (Å²) in [6.45, 7) is 1.16. The molecule has 3 rings (SSSR count). The van der Waals surface area contributed by atoms with Crippen molar-refractivity contribution >= 4 is 23.5 Å². The fourth-order valence-electron chi connectivity index (χ4n) is 3.20. The number of hydrogen-bond donors (Lipinski definition) is 2. The van der Waals surface area contributed by atoms with Gasteiger partial charge in [0.2, 0.25) is 5.91 Å². The van der Waals surface area contributed by atoms with Gasteiger partial charge < -0.3 is 24.8 Å². The van der Waals surface area contributed by atoms with Gasteiger partial charge in [0.15, 0.2) is 11.5 Å². The Labute approximate surface area is 173 Å². The molecule has 1 aliphatic rings. The maximum absolute atomic E-state index is 13.0. The summed E-state index contributed by atoms with van der Waals surface area (Å²) < 4.78 is 15.6. The summed E-state index contributed by atoms with van der Waals surface area (Å²) in [5.41, 5.74) is -0.302. The third kappa shape index (κ3) is 3.86. The zero-order valence-corrected chi connectivity index (χ0v) is 17.1. The quantitative estimate of drug-likeness (QED) is 0.674. The van der Waals surface area contributed by atoms with Gasteiger partial charge in [0.25, 0.3) is 5.91 Å². The minimum absolute atomic E-state index is 0.417. The number of benzene rings is 2. The molecular weight excluding hydrogens is 390 g/mol. The van der Waals surface area contributed by atoms with Gasteiger partial charge in [-0.3, -0.25) is 14.5 Å². The van der Waals surface area contributed by atoms with E-state index in [2.05, 4.69) is 10.6 Å². The molecule has 9 nitrogen and oxygen atoms in total. The number of hydrogen-bond acceptors (Lipinski definition) is 6. The van der Waals surface area contributed by atoms with Gasteiger partial charge in [-0.15, -0.1) is 0 Å². The van der Waals surface area contributed by atoms with Crippen LogP contribution in [0.3, 0.4) is 0 Å². The van der Waals surface area contributed by atoms with Crippen molar-refractivity contribution in [3.63, 3.8) is 0 Å². The van der Waals surface area contributed by atoms with E-state index in [0.717, 1.165) is 4.90 Å². The minimum atomic E-state index is -1.34. The van der Waals surface area contributed by atoms with E-state index in [0.29, 0.717) is 28.5 Å². The molecule has 0 radical (unpaired) electrons. The van der Waals surface area contributed by atoms with E-state index in [4.69, 9.17) is 14.2 Å². The van der Waals surface area contributed by atoms with E-state index < -0.39 is 29.9 Å². The van der Waals surface area contributed by atoms with Crippen molar-refractivity contribution in [2.45, 2.75) is 12.5 Å². The van der Waals surface area contributed by atoms with Gasteiger partial charge in [-0.2, -0.15) is 0 Å². The van der Waals surface area contributed by atoms with Gasteiger partial charge in [0.1, 0.15) is 17.8 Å². The Morgan fingerprint density at radius 1 is 1.00 bits per heavy atom. The average Bonchev–Trinajstić information content (AvgIpc) is 2.97. The summed E-state index contributed by atoms with van der Waals surface area (Å²) in [6.07, 6.45) is 0. The third-order valence-corrected chi connectivity index (χ3v) is 4.91. The fourth-order valence-corrected chi connectivity index (χ4v) is 3.20. The maximum Gasteiger partial charge on any atom is 0.325 e. The monoisotopic (exact) mass is 413 g/mol. The highest BCUT2D eigenvalue weighted by Crippen LogP contribution is 2.35. The first-order chi connectivity index (χ1) is 14.3. The Kier molecular flexibility index (Phi) is 5.81. The smallest absolute Gasteiger partial charge is 0.325 e. The molecule has 1 fully saturated rings. The molecule has 1 heterocycles. The van der Waals surface area contributed by atoms with Crippen LogP contribution in [0.4, 0.5) is 10.5 Å². The predicted octanol–water partition coefficient (Wildman–Crippen LogP) is 2.12. The van der Waals surface area contributed by atoms with Crippen LogP contribution in [0.15, 0.2) is 42.5 Å². The number of urea groups is 1. The molecule has 2 aromatic rings. The highest BCUT2D eigenvalue weighted by atomic mass is 16.5. The zero-order chi connectivity index (χ0) is 21.9. The molecule has 30 heavy (non-hydrogen) atoms. The average molecular weight is 413 g/mol. The first kappa shape index (κ1) is 21.0. The van der Waals surface area contributed by atoms with Crippen LogP contribution in [0, 0.1) is 0 Å².